The minimum atomic E-state index is -0.547. The molecule has 0 saturated heterocycles. The van der Waals surface area contributed by atoms with Crippen LogP contribution in [0.1, 0.15) is 20.8 Å². The molecule has 19 heavy (non-hydrogen) atoms. The van der Waals surface area contributed by atoms with E-state index in [1.54, 1.807) is 12.3 Å². The molecule has 5 nitrogen and oxygen atoms in total. The van der Waals surface area contributed by atoms with Crippen molar-refractivity contribution in [2.75, 3.05) is 5.32 Å². The average molecular weight is 277 g/mol. The van der Waals surface area contributed by atoms with Crippen molar-refractivity contribution in [2.24, 2.45) is 0 Å². The fourth-order valence-corrected chi connectivity index (χ4v) is 1.78. The molecular weight excluding hydrogens is 262 g/mol. The predicted molar refractivity (Wildman–Crippen MR) is 78.6 cm³/mol. The number of rotatable bonds is 2. The SMILES string of the molecule is CC(C)(C)OC(=O)n1ncc2cc(NC=S)ccc21. The van der Waals surface area contributed by atoms with Crippen LogP contribution in [0.25, 0.3) is 10.9 Å². The molecular formula is C13H15N3O2S. The minimum Gasteiger partial charge on any atom is -0.442 e. The molecule has 0 radical (unpaired) electrons. The van der Waals surface area contributed by atoms with Gasteiger partial charge in [0.15, 0.2) is 0 Å². The fraction of sp³-hybridized carbons (Fsp3) is 0.308. The topological polar surface area (TPSA) is 56.2 Å². The van der Waals surface area contributed by atoms with Crippen LogP contribution in [-0.2, 0) is 4.74 Å². The number of fused-ring (bicyclic) bond motifs is 1. The summed E-state index contributed by atoms with van der Waals surface area (Å²) in [5.74, 6) is 0. The minimum absolute atomic E-state index is 0.488. The van der Waals surface area contributed by atoms with Gasteiger partial charge in [-0.15, -0.1) is 0 Å². The van der Waals surface area contributed by atoms with Crippen LogP contribution in [-0.4, -0.2) is 27.0 Å². The van der Waals surface area contributed by atoms with Crippen molar-refractivity contribution in [3.05, 3.63) is 24.4 Å². The Morgan fingerprint density at radius 2 is 2.21 bits per heavy atom. The van der Waals surface area contributed by atoms with Crippen LogP contribution in [0.5, 0.6) is 0 Å². The monoisotopic (exact) mass is 277 g/mol. The second-order valence-electron chi connectivity index (χ2n) is 5.07. The summed E-state index contributed by atoms with van der Waals surface area (Å²) < 4.78 is 6.54. The van der Waals surface area contributed by atoms with Gasteiger partial charge in [0.05, 0.1) is 17.2 Å². The van der Waals surface area contributed by atoms with Crippen molar-refractivity contribution < 1.29 is 9.53 Å². The Kier molecular flexibility index (Phi) is 3.53. The predicted octanol–water partition coefficient (Wildman–Crippen LogP) is 3.19. The van der Waals surface area contributed by atoms with Crippen LogP contribution in [0.15, 0.2) is 24.4 Å². The molecule has 1 heterocycles. The van der Waals surface area contributed by atoms with Gasteiger partial charge in [0.25, 0.3) is 0 Å². The molecule has 0 spiro atoms. The third kappa shape index (κ3) is 3.08. The molecule has 0 atom stereocenters. The van der Waals surface area contributed by atoms with Crippen LogP contribution in [0.4, 0.5) is 10.5 Å². The number of hydrogen-bond donors (Lipinski definition) is 1. The summed E-state index contributed by atoms with van der Waals surface area (Å²) in [7, 11) is 0. The Morgan fingerprint density at radius 3 is 2.84 bits per heavy atom. The molecule has 2 rings (SSSR count). The quantitative estimate of drug-likeness (QED) is 0.854. The highest BCUT2D eigenvalue weighted by atomic mass is 32.1. The zero-order valence-corrected chi connectivity index (χ0v) is 11.8. The number of nitrogens with zero attached hydrogens (tertiary/aromatic N) is 2. The Hall–Kier alpha value is -1.95. The third-order valence-corrected chi connectivity index (χ3v) is 2.48. The number of nitrogens with one attached hydrogen (secondary N) is 1. The van der Waals surface area contributed by atoms with Gasteiger partial charge in [0.1, 0.15) is 5.60 Å². The molecule has 0 aliphatic rings. The van der Waals surface area contributed by atoms with Gasteiger partial charge in [0.2, 0.25) is 0 Å². The van der Waals surface area contributed by atoms with Crippen LogP contribution in [0.2, 0.25) is 0 Å². The number of aromatic nitrogens is 2. The van der Waals surface area contributed by atoms with E-state index in [0.717, 1.165) is 11.1 Å². The average Bonchev–Trinajstić information content (AvgIpc) is 2.70. The zero-order valence-electron chi connectivity index (χ0n) is 11.0. The van der Waals surface area contributed by atoms with Crippen LogP contribution in [0, 0.1) is 0 Å². The number of carbonyl (C=O) groups is 1. The van der Waals surface area contributed by atoms with Crippen molar-refractivity contribution in [2.45, 2.75) is 26.4 Å². The van der Waals surface area contributed by atoms with E-state index >= 15 is 0 Å². The molecule has 0 saturated carbocycles. The normalized spacial score (nSPS) is 11.3. The summed E-state index contributed by atoms with van der Waals surface area (Å²) >= 11 is 4.73. The summed E-state index contributed by atoms with van der Waals surface area (Å²) in [6.07, 6.45) is 1.13. The highest BCUT2D eigenvalue weighted by molar-refractivity contribution is 7.79. The van der Waals surface area contributed by atoms with E-state index in [0.29, 0.717) is 5.52 Å². The molecule has 0 bridgehead atoms. The summed E-state index contributed by atoms with van der Waals surface area (Å²) in [6.45, 7) is 5.45. The first-order valence-corrected chi connectivity index (χ1v) is 6.29. The molecule has 0 aliphatic carbocycles. The number of carbonyl (C=O) groups excluding carboxylic acids is 1. The number of benzene rings is 1. The van der Waals surface area contributed by atoms with Crippen molar-refractivity contribution in [1.82, 2.24) is 9.78 Å². The van der Waals surface area contributed by atoms with E-state index in [1.165, 1.54) is 10.2 Å². The van der Waals surface area contributed by atoms with Gasteiger partial charge >= 0.3 is 6.09 Å². The Bertz CT molecular complexity index is 628. The van der Waals surface area contributed by atoms with Gasteiger partial charge in [-0.1, -0.05) is 12.2 Å². The summed E-state index contributed by atoms with van der Waals surface area (Å²) in [6, 6.07) is 5.49. The lowest BCUT2D eigenvalue weighted by Crippen LogP contribution is -2.27. The van der Waals surface area contributed by atoms with Crippen molar-refractivity contribution in [1.29, 1.82) is 0 Å². The summed E-state index contributed by atoms with van der Waals surface area (Å²) in [5, 5.41) is 7.81. The number of anilines is 1. The molecule has 1 aromatic heterocycles. The molecule has 0 amide bonds. The van der Waals surface area contributed by atoms with E-state index in [-0.39, 0.29) is 0 Å². The molecule has 2 aromatic rings. The number of thiocarbonyl (C=S) groups is 1. The first-order chi connectivity index (χ1) is 8.90. The second kappa shape index (κ2) is 4.97. The van der Waals surface area contributed by atoms with E-state index in [9.17, 15) is 4.79 Å². The Morgan fingerprint density at radius 1 is 1.47 bits per heavy atom. The van der Waals surface area contributed by atoms with Gasteiger partial charge < -0.3 is 10.1 Å². The second-order valence-corrected chi connectivity index (χ2v) is 5.31. The van der Waals surface area contributed by atoms with Crippen molar-refractivity contribution in [3.63, 3.8) is 0 Å². The zero-order chi connectivity index (χ0) is 14.0. The van der Waals surface area contributed by atoms with Crippen LogP contribution < -0.4 is 5.32 Å². The van der Waals surface area contributed by atoms with Crippen LogP contribution in [0.3, 0.4) is 0 Å². The Labute approximate surface area is 116 Å². The van der Waals surface area contributed by atoms with Gasteiger partial charge in [-0.25, -0.2) is 4.79 Å². The molecule has 1 aromatic carbocycles. The summed E-state index contributed by atoms with van der Waals surface area (Å²) in [5.41, 5.74) is 2.43. The maximum absolute atomic E-state index is 12.0. The van der Waals surface area contributed by atoms with Gasteiger partial charge in [-0.05, 0) is 39.0 Å². The lowest BCUT2D eigenvalue weighted by atomic mass is 10.2. The highest BCUT2D eigenvalue weighted by Crippen LogP contribution is 2.20. The largest absolute Gasteiger partial charge is 0.442 e. The molecule has 0 unspecified atom stereocenters. The van der Waals surface area contributed by atoms with Crippen LogP contribution >= 0.6 is 12.2 Å². The Balaban J connectivity index is 2.35. The molecule has 0 fully saturated rings. The lowest BCUT2D eigenvalue weighted by molar-refractivity contribution is 0.0523. The van der Waals surface area contributed by atoms with Crippen molar-refractivity contribution >= 4 is 40.4 Å². The first kappa shape index (κ1) is 13.5. The lowest BCUT2D eigenvalue weighted by Gasteiger charge is -2.19. The van der Waals surface area contributed by atoms with Gasteiger partial charge in [-0.2, -0.15) is 9.78 Å². The van der Waals surface area contributed by atoms with E-state index < -0.39 is 11.7 Å². The number of ether oxygens (including phenoxy) is 1. The smallest absolute Gasteiger partial charge is 0.435 e. The van der Waals surface area contributed by atoms with Crippen molar-refractivity contribution in [3.8, 4) is 0 Å². The maximum atomic E-state index is 12.0. The molecule has 6 heteroatoms. The summed E-state index contributed by atoms with van der Waals surface area (Å²) in [4.78, 5) is 12.0. The third-order valence-electron chi connectivity index (χ3n) is 2.36. The maximum Gasteiger partial charge on any atom is 0.435 e. The van der Waals surface area contributed by atoms with Gasteiger partial charge in [0, 0.05) is 11.1 Å². The molecule has 100 valence electrons. The van der Waals surface area contributed by atoms with E-state index in [2.05, 4.69) is 10.4 Å². The molecule has 1 N–H and O–H groups in total. The number of hydrogen-bond acceptors (Lipinski definition) is 4. The highest BCUT2D eigenvalue weighted by Gasteiger charge is 2.19. The fourth-order valence-electron chi connectivity index (χ4n) is 1.64. The standard InChI is InChI=1S/C13H15N3O2S/c1-13(2,3)18-12(17)16-11-5-4-10(14-8-19)6-9(11)7-15-16/h4-8H,1-3H3,(H,14,19). The first-order valence-electron chi connectivity index (χ1n) is 5.82. The van der Waals surface area contributed by atoms with Gasteiger partial charge in [-0.3, -0.25) is 0 Å². The molecule has 0 aliphatic heterocycles. The van der Waals surface area contributed by atoms with E-state index in [1.807, 2.05) is 32.9 Å². The van der Waals surface area contributed by atoms with E-state index in [4.69, 9.17) is 17.0 Å².